The number of amides is 2. The van der Waals surface area contributed by atoms with Gasteiger partial charge in [-0.25, -0.2) is 0 Å². The zero-order valence-corrected chi connectivity index (χ0v) is 17.4. The second-order valence-corrected chi connectivity index (χ2v) is 7.52. The predicted molar refractivity (Wildman–Crippen MR) is 114 cm³/mol. The third-order valence-corrected chi connectivity index (χ3v) is 5.52. The van der Waals surface area contributed by atoms with Crippen molar-refractivity contribution in [2.45, 2.75) is 19.5 Å². The lowest BCUT2D eigenvalue weighted by molar-refractivity contribution is 0.0701. The smallest absolute Gasteiger partial charge is 0.271 e. The molecule has 156 valence electrons. The van der Waals surface area contributed by atoms with E-state index in [1.165, 1.54) is 0 Å². The van der Waals surface area contributed by atoms with Crippen molar-refractivity contribution in [1.29, 1.82) is 0 Å². The normalized spacial score (nSPS) is 13.9. The second-order valence-electron chi connectivity index (χ2n) is 7.52. The third kappa shape index (κ3) is 3.68. The molecule has 3 heterocycles. The molecule has 0 fully saturated rings. The summed E-state index contributed by atoms with van der Waals surface area (Å²) in [4.78, 5) is 34.7. The van der Waals surface area contributed by atoms with Crippen LogP contribution < -0.4 is 0 Å². The number of benzene rings is 1. The molecule has 0 spiro atoms. The maximum absolute atomic E-state index is 13.5. The van der Waals surface area contributed by atoms with Gasteiger partial charge in [0.2, 0.25) is 0 Å². The summed E-state index contributed by atoms with van der Waals surface area (Å²) in [7, 11) is 3.41. The Hall–Kier alpha value is -3.19. The maximum Gasteiger partial charge on any atom is 0.271 e. The number of nitrogens with zero attached hydrogens (tertiary/aromatic N) is 4. The van der Waals surface area contributed by atoms with Gasteiger partial charge in [0, 0.05) is 50.8 Å². The van der Waals surface area contributed by atoms with Crippen LogP contribution in [0.4, 0.5) is 0 Å². The fourth-order valence-electron chi connectivity index (χ4n) is 4.06. The van der Waals surface area contributed by atoms with Gasteiger partial charge in [0.1, 0.15) is 11.4 Å². The Bertz CT molecular complexity index is 1060. The summed E-state index contributed by atoms with van der Waals surface area (Å²) >= 11 is 0. The number of hydrogen-bond donors (Lipinski definition) is 0. The summed E-state index contributed by atoms with van der Waals surface area (Å²) < 4.78 is 7.09. The van der Waals surface area contributed by atoms with Crippen molar-refractivity contribution in [3.8, 4) is 0 Å². The summed E-state index contributed by atoms with van der Waals surface area (Å²) in [5.74, 6) is -0.159. The quantitative estimate of drug-likeness (QED) is 0.631. The van der Waals surface area contributed by atoms with E-state index in [4.69, 9.17) is 4.74 Å². The Morgan fingerprint density at radius 2 is 1.90 bits per heavy atom. The topological polar surface area (TPSA) is 67.7 Å². The number of aromatic nitrogens is 2. The van der Waals surface area contributed by atoms with E-state index in [-0.39, 0.29) is 11.8 Å². The Morgan fingerprint density at radius 3 is 2.63 bits per heavy atom. The molecule has 0 aliphatic carbocycles. The summed E-state index contributed by atoms with van der Waals surface area (Å²) in [5, 5.41) is 1.63. The Labute approximate surface area is 175 Å². The molecular formula is C23H26N4O3. The van der Waals surface area contributed by atoms with Gasteiger partial charge < -0.3 is 19.1 Å². The molecule has 0 unspecified atom stereocenters. The fourth-order valence-corrected chi connectivity index (χ4v) is 4.06. The van der Waals surface area contributed by atoms with E-state index in [9.17, 15) is 9.59 Å². The Balaban J connectivity index is 1.75. The first-order chi connectivity index (χ1) is 14.6. The van der Waals surface area contributed by atoms with E-state index in [1.54, 1.807) is 25.3 Å². The van der Waals surface area contributed by atoms with Gasteiger partial charge in [0.15, 0.2) is 0 Å². The molecule has 0 saturated heterocycles. The second kappa shape index (κ2) is 8.67. The highest BCUT2D eigenvalue weighted by molar-refractivity contribution is 6.14. The van der Waals surface area contributed by atoms with Gasteiger partial charge in [-0.15, -0.1) is 0 Å². The Morgan fingerprint density at radius 1 is 1.13 bits per heavy atom. The van der Waals surface area contributed by atoms with Gasteiger partial charge in [-0.05, 0) is 18.6 Å². The van der Waals surface area contributed by atoms with Gasteiger partial charge in [0.05, 0.1) is 18.8 Å². The molecule has 0 N–H and O–H groups in total. The van der Waals surface area contributed by atoms with Gasteiger partial charge in [-0.2, -0.15) is 0 Å². The van der Waals surface area contributed by atoms with Crippen LogP contribution in [0.15, 0.2) is 48.7 Å². The molecule has 7 nitrogen and oxygen atoms in total. The standard InChI is InChI=1S/C23H26N4O3/c1-25(16-17-8-5-6-11-24-17)22(28)20-18-9-3-4-10-19(18)21-23(29)26(14-15-30-2)12-7-13-27(20)21/h3-6,8-11H,7,12-16H2,1-2H3. The van der Waals surface area contributed by atoms with Crippen molar-refractivity contribution in [3.63, 3.8) is 0 Å². The number of pyridine rings is 1. The first kappa shape index (κ1) is 20.1. The van der Waals surface area contributed by atoms with E-state index in [0.29, 0.717) is 44.2 Å². The minimum atomic E-state index is -0.110. The summed E-state index contributed by atoms with van der Waals surface area (Å²) in [6, 6.07) is 13.3. The molecule has 4 rings (SSSR count). The highest BCUT2D eigenvalue weighted by atomic mass is 16.5. The highest BCUT2D eigenvalue weighted by Crippen LogP contribution is 2.30. The zero-order valence-electron chi connectivity index (χ0n) is 17.4. The monoisotopic (exact) mass is 406 g/mol. The number of ether oxygens (including phenoxy) is 1. The first-order valence-electron chi connectivity index (χ1n) is 10.2. The third-order valence-electron chi connectivity index (χ3n) is 5.52. The van der Waals surface area contributed by atoms with E-state index < -0.39 is 0 Å². The lowest BCUT2D eigenvalue weighted by atomic mass is 10.1. The molecule has 1 aliphatic rings. The van der Waals surface area contributed by atoms with Crippen LogP contribution in [0.2, 0.25) is 0 Å². The van der Waals surface area contributed by atoms with E-state index >= 15 is 0 Å². The van der Waals surface area contributed by atoms with Gasteiger partial charge in [-0.3, -0.25) is 14.6 Å². The van der Waals surface area contributed by atoms with Crippen molar-refractivity contribution in [2.24, 2.45) is 0 Å². The molecule has 2 aromatic heterocycles. The van der Waals surface area contributed by atoms with Crippen molar-refractivity contribution in [2.75, 3.05) is 33.9 Å². The predicted octanol–water partition coefficient (Wildman–Crippen LogP) is 2.80. The molecule has 1 aromatic carbocycles. The van der Waals surface area contributed by atoms with Crippen LogP contribution in [0.25, 0.3) is 10.8 Å². The lowest BCUT2D eigenvalue weighted by Crippen LogP contribution is -2.34. The molecule has 2 amide bonds. The molecule has 0 bridgehead atoms. The summed E-state index contributed by atoms with van der Waals surface area (Å²) in [5.41, 5.74) is 1.98. The fraction of sp³-hybridized carbons (Fsp3) is 0.348. The van der Waals surface area contributed by atoms with Gasteiger partial charge in [0.25, 0.3) is 11.8 Å². The van der Waals surface area contributed by atoms with Crippen LogP contribution in [0.3, 0.4) is 0 Å². The molecular weight excluding hydrogens is 380 g/mol. The SMILES string of the molecule is COCCN1CCCn2c(C(=O)N(C)Cc3ccccn3)c3ccccc3c2C1=O. The summed E-state index contributed by atoms with van der Waals surface area (Å²) in [6.07, 6.45) is 2.51. The largest absolute Gasteiger partial charge is 0.383 e. The van der Waals surface area contributed by atoms with Crippen LogP contribution in [0.5, 0.6) is 0 Å². The number of carbonyl (C=O) groups excluding carboxylic acids is 2. The van der Waals surface area contributed by atoms with Crippen molar-refractivity contribution < 1.29 is 14.3 Å². The van der Waals surface area contributed by atoms with Crippen LogP contribution in [0, 0.1) is 0 Å². The van der Waals surface area contributed by atoms with Crippen molar-refractivity contribution in [3.05, 3.63) is 65.7 Å². The van der Waals surface area contributed by atoms with Crippen LogP contribution in [-0.2, 0) is 17.8 Å². The number of methoxy groups -OCH3 is 1. The average molecular weight is 406 g/mol. The van der Waals surface area contributed by atoms with E-state index in [2.05, 4.69) is 4.98 Å². The van der Waals surface area contributed by atoms with Crippen LogP contribution in [0.1, 0.15) is 33.1 Å². The summed E-state index contributed by atoms with van der Waals surface area (Å²) in [6.45, 7) is 2.70. The molecule has 1 aliphatic heterocycles. The maximum atomic E-state index is 13.5. The molecule has 0 atom stereocenters. The zero-order chi connectivity index (χ0) is 21.1. The molecule has 0 radical (unpaired) electrons. The number of hydrogen-bond acceptors (Lipinski definition) is 4. The minimum absolute atomic E-state index is 0.0489. The molecule has 7 heteroatoms. The van der Waals surface area contributed by atoms with Crippen molar-refractivity contribution >= 4 is 22.6 Å². The number of fused-ring (bicyclic) bond motifs is 3. The molecule has 3 aromatic rings. The first-order valence-corrected chi connectivity index (χ1v) is 10.2. The number of carbonyl (C=O) groups is 2. The highest BCUT2D eigenvalue weighted by Gasteiger charge is 2.31. The minimum Gasteiger partial charge on any atom is -0.383 e. The number of rotatable bonds is 6. The average Bonchev–Trinajstić information content (AvgIpc) is 3.00. The van der Waals surface area contributed by atoms with Gasteiger partial charge >= 0.3 is 0 Å². The van der Waals surface area contributed by atoms with Gasteiger partial charge in [-0.1, -0.05) is 30.3 Å². The van der Waals surface area contributed by atoms with Crippen molar-refractivity contribution in [1.82, 2.24) is 19.4 Å². The van der Waals surface area contributed by atoms with E-state index in [1.807, 2.05) is 51.9 Å². The Kier molecular flexibility index (Phi) is 5.81. The van der Waals surface area contributed by atoms with Crippen LogP contribution >= 0.6 is 0 Å². The molecule has 30 heavy (non-hydrogen) atoms. The van der Waals surface area contributed by atoms with Crippen LogP contribution in [-0.4, -0.2) is 65.0 Å². The molecule has 0 saturated carbocycles. The lowest BCUT2D eigenvalue weighted by Gasteiger charge is -2.19. The van der Waals surface area contributed by atoms with E-state index in [0.717, 1.165) is 22.9 Å².